The molecular weight excluding hydrogens is 314 g/mol. The predicted octanol–water partition coefficient (Wildman–Crippen LogP) is 5.95. The van der Waals surface area contributed by atoms with Gasteiger partial charge < -0.3 is 0 Å². The molecule has 0 bridgehead atoms. The maximum absolute atomic E-state index is 2.34. The van der Waals surface area contributed by atoms with E-state index in [-0.39, 0.29) is 0 Å². The highest BCUT2D eigenvalue weighted by atomic mass is 14.9. The lowest BCUT2D eigenvalue weighted by Crippen LogP contribution is -2.30. The molecule has 1 aromatic heterocycles. The van der Waals surface area contributed by atoms with Crippen molar-refractivity contribution in [2.24, 2.45) is 7.05 Å². The fourth-order valence-corrected chi connectivity index (χ4v) is 3.98. The number of rotatable bonds is 1. The van der Waals surface area contributed by atoms with Gasteiger partial charge in [0.15, 0.2) is 6.20 Å². The Morgan fingerprint density at radius 3 is 2.04 bits per heavy atom. The highest BCUT2D eigenvalue weighted by Gasteiger charge is 2.13. The van der Waals surface area contributed by atoms with Gasteiger partial charge >= 0.3 is 0 Å². The van der Waals surface area contributed by atoms with Gasteiger partial charge in [-0.2, -0.15) is 0 Å². The van der Waals surface area contributed by atoms with E-state index in [2.05, 4.69) is 104 Å². The van der Waals surface area contributed by atoms with E-state index in [0.29, 0.717) is 0 Å². The Morgan fingerprint density at radius 1 is 0.615 bits per heavy atom. The number of nitrogens with zero attached hydrogens (tertiary/aromatic N) is 1. The van der Waals surface area contributed by atoms with Gasteiger partial charge in [0.1, 0.15) is 7.05 Å². The summed E-state index contributed by atoms with van der Waals surface area (Å²) in [5.74, 6) is 0. The molecular formula is C25H20N+. The van der Waals surface area contributed by atoms with Crippen LogP contribution >= 0.6 is 0 Å². The minimum absolute atomic E-state index is 1.24. The van der Waals surface area contributed by atoms with Crippen LogP contribution < -0.4 is 4.57 Å². The molecule has 0 saturated heterocycles. The van der Waals surface area contributed by atoms with Gasteiger partial charge in [0.25, 0.3) is 0 Å². The summed E-state index contributed by atoms with van der Waals surface area (Å²) < 4.78 is 2.18. The van der Waals surface area contributed by atoms with Gasteiger partial charge in [-0.05, 0) is 75.1 Å². The standard InChI is InChI=1S/C25H20N/c1-17-13-23-21(16-22(17)25-9-5-6-12-26(25)2)11-10-20-14-18-7-3-4-8-19(18)15-24(20)23/h3-16H,1-2H3/q+1. The number of pyridine rings is 1. The topological polar surface area (TPSA) is 3.88 Å². The zero-order valence-corrected chi connectivity index (χ0v) is 15.0. The molecule has 0 fully saturated rings. The quantitative estimate of drug-likeness (QED) is 0.203. The maximum atomic E-state index is 2.34. The summed E-state index contributed by atoms with van der Waals surface area (Å²) in [4.78, 5) is 0. The summed E-state index contributed by atoms with van der Waals surface area (Å²) in [5.41, 5.74) is 3.84. The van der Waals surface area contributed by atoms with E-state index in [1.807, 2.05) is 0 Å². The summed E-state index contributed by atoms with van der Waals surface area (Å²) in [7, 11) is 2.10. The lowest BCUT2D eigenvalue weighted by atomic mass is 9.94. The van der Waals surface area contributed by atoms with E-state index in [1.165, 1.54) is 49.1 Å². The molecule has 4 aromatic carbocycles. The van der Waals surface area contributed by atoms with Crippen molar-refractivity contribution in [3.05, 3.63) is 90.6 Å². The molecule has 0 radical (unpaired) electrons. The molecule has 0 amide bonds. The van der Waals surface area contributed by atoms with E-state index in [4.69, 9.17) is 0 Å². The van der Waals surface area contributed by atoms with Crippen molar-refractivity contribution in [1.29, 1.82) is 0 Å². The van der Waals surface area contributed by atoms with Gasteiger partial charge in [-0.15, -0.1) is 0 Å². The van der Waals surface area contributed by atoms with Gasteiger partial charge in [0.05, 0.1) is 0 Å². The lowest BCUT2D eigenvalue weighted by molar-refractivity contribution is -0.660. The summed E-state index contributed by atoms with van der Waals surface area (Å²) in [6.07, 6.45) is 2.10. The van der Waals surface area contributed by atoms with Gasteiger partial charge in [-0.1, -0.05) is 36.4 Å². The van der Waals surface area contributed by atoms with Crippen LogP contribution in [0.5, 0.6) is 0 Å². The highest BCUT2D eigenvalue weighted by Crippen LogP contribution is 2.33. The molecule has 0 atom stereocenters. The van der Waals surface area contributed by atoms with Crippen LogP contribution in [0, 0.1) is 6.92 Å². The fraction of sp³-hybridized carbons (Fsp3) is 0.0800. The first-order chi connectivity index (χ1) is 12.7. The highest BCUT2D eigenvalue weighted by molar-refractivity contribution is 6.12. The Bertz CT molecular complexity index is 1300. The maximum Gasteiger partial charge on any atom is 0.212 e. The number of hydrogen-bond donors (Lipinski definition) is 0. The molecule has 5 rings (SSSR count). The molecule has 0 aliphatic heterocycles. The molecule has 0 N–H and O–H groups in total. The number of benzene rings is 4. The second-order valence-electron chi connectivity index (χ2n) is 7.07. The summed E-state index contributed by atoms with van der Waals surface area (Å²) >= 11 is 0. The molecule has 0 saturated carbocycles. The molecule has 0 unspecified atom stereocenters. The van der Waals surface area contributed by atoms with E-state index in [9.17, 15) is 0 Å². The lowest BCUT2D eigenvalue weighted by Gasteiger charge is -2.10. The van der Waals surface area contributed by atoms with Crippen LogP contribution in [-0.2, 0) is 7.05 Å². The van der Waals surface area contributed by atoms with Crippen molar-refractivity contribution in [2.75, 3.05) is 0 Å². The van der Waals surface area contributed by atoms with Crippen LogP contribution in [-0.4, -0.2) is 0 Å². The molecule has 26 heavy (non-hydrogen) atoms. The molecule has 0 aliphatic rings. The smallest absolute Gasteiger partial charge is 0.201 e. The Balaban J connectivity index is 1.84. The first-order valence-electron chi connectivity index (χ1n) is 9.02. The third-order valence-corrected chi connectivity index (χ3v) is 5.38. The zero-order valence-electron chi connectivity index (χ0n) is 15.0. The Kier molecular flexibility index (Phi) is 3.29. The third kappa shape index (κ3) is 2.28. The van der Waals surface area contributed by atoms with Crippen LogP contribution in [0.25, 0.3) is 43.6 Å². The van der Waals surface area contributed by atoms with Crippen molar-refractivity contribution in [3.63, 3.8) is 0 Å². The monoisotopic (exact) mass is 334 g/mol. The largest absolute Gasteiger partial charge is 0.212 e. The Morgan fingerprint density at radius 2 is 1.27 bits per heavy atom. The number of aryl methyl sites for hydroxylation is 2. The zero-order chi connectivity index (χ0) is 17.7. The van der Waals surface area contributed by atoms with Crippen molar-refractivity contribution >= 4 is 32.3 Å². The first kappa shape index (κ1) is 15.1. The normalized spacial score (nSPS) is 11.5. The van der Waals surface area contributed by atoms with Crippen LogP contribution in [0.4, 0.5) is 0 Å². The van der Waals surface area contributed by atoms with E-state index in [0.717, 1.165) is 0 Å². The molecule has 124 valence electrons. The second-order valence-corrected chi connectivity index (χ2v) is 7.07. The molecule has 5 aromatic rings. The number of aromatic nitrogens is 1. The van der Waals surface area contributed by atoms with E-state index < -0.39 is 0 Å². The Hall–Kier alpha value is -3.19. The second kappa shape index (κ2) is 5.67. The average molecular weight is 334 g/mol. The Labute approximate surface area is 153 Å². The van der Waals surface area contributed by atoms with E-state index >= 15 is 0 Å². The molecule has 1 heterocycles. The van der Waals surface area contributed by atoms with Crippen molar-refractivity contribution in [2.45, 2.75) is 6.92 Å². The fourth-order valence-electron chi connectivity index (χ4n) is 3.98. The predicted molar refractivity (Wildman–Crippen MR) is 110 cm³/mol. The number of fused-ring (bicyclic) bond motifs is 4. The minimum Gasteiger partial charge on any atom is -0.201 e. The van der Waals surface area contributed by atoms with Gasteiger partial charge in [0.2, 0.25) is 5.69 Å². The summed E-state index contributed by atoms with van der Waals surface area (Å²) in [6.45, 7) is 2.21. The van der Waals surface area contributed by atoms with E-state index in [1.54, 1.807) is 0 Å². The van der Waals surface area contributed by atoms with Crippen LogP contribution in [0.15, 0.2) is 85.1 Å². The molecule has 0 spiro atoms. The average Bonchev–Trinajstić information content (AvgIpc) is 2.67. The van der Waals surface area contributed by atoms with Crippen molar-refractivity contribution in [3.8, 4) is 11.3 Å². The van der Waals surface area contributed by atoms with Gasteiger partial charge in [-0.3, -0.25) is 0 Å². The van der Waals surface area contributed by atoms with Crippen LogP contribution in [0.1, 0.15) is 5.56 Å². The number of hydrogen-bond acceptors (Lipinski definition) is 0. The van der Waals surface area contributed by atoms with Crippen LogP contribution in [0.2, 0.25) is 0 Å². The molecule has 1 nitrogen and oxygen atoms in total. The molecule has 0 aliphatic carbocycles. The summed E-state index contributed by atoms with van der Waals surface area (Å²) in [6, 6.07) is 28.7. The van der Waals surface area contributed by atoms with Gasteiger partial charge in [-0.25, -0.2) is 4.57 Å². The van der Waals surface area contributed by atoms with Gasteiger partial charge in [0, 0.05) is 17.7 Å². The molecule has 1 heteroatoms. The van der Waals surface area contributed by atoms with Crippen molar-refractivity contribution in [1.82, 2.24) is 0 Å². The minimum atomic E-state index is 1.24. The first-order valence-corrected chi connectivity index (χ1v) is 9.02. The summed E-state index contributed by atoms with van der Waals surface area (Å²) in [5, 5.41) is 7.83. The SMILES string of the molecule is Cc1cc2c(ccc3cc4ccccc4cc32)cc1-c1cccc[n+]1C. The third-order valence-electron chi connectivity index (χ3n) is 5.38. The van der Waals surface area contributed by atoms with Crippen LogP contribution in [0.3, 0.4) is 0 Å². The van der Waals surface area contributed by atoms with Crippen molar-refractivity contribution < 1.29 is 4.57 Å².